The largest absolute Gasteiger partial charge is 0.299 e. The van der Waals surface area contributed by atoms with Crippen LogP contribution in [0.2, 0.25) is 0 Å². The van der Waals surface area contributed by atoms with Gasteiger partial charge in [0.05, 0.1) is 5.38 Å². The van der Waals surface area contributed by atoms with Crippen molar-refractivity contribution in [3.8, 4) is 0 Å². The van der Waals surface area contributed by atoms with Crippen molar-refractivity contribution in [1.82, 2.24) is 4.90 Å². The Morgan fingerprint density at radius 1 is 1.19 bits per heavy atom. The summed E-state index contributed by atoms with van der Waals surface area (Å²) < 4.78 is 0. The van der Waals surface area contributed by atoms with Gasteiger partial charge in [0.1, 0.15) is 0 Å². The number of rotatable bonds is 6. The van der Waals surface area contributed by atoms with Crippen LogP contribution in [0.4, 0.5) is 0 Å². The fourth-order valence-corrected chi connectivity index (χ4v) is 3.73. The van der Waals surface area contributed by atoms with Crippen molar-refractivity contribution in [2.45, 2.75) is 64.3 Å². The van der Waals surface area contributed by atoms with Gasteiger partial charge in [0.15, 0.2) is 0 Å². The van der Waals surface area contributed by atoms with Crippen molar-refractivity contribution in [1.29, 1.82) is 0 Å². The van der Waals surface area contributed by atoms with Crippen LogP contribution in [-0.4, -0.2) is 24.0 Å². The summed E-state index contributed by atoms with van der Waals surface area (Å²) in [6.07, 6.45) is 6.45. The van der Waals surface area contributed by atoms with E-state index < -0.39 is 0 Å². The van der Waals surface area contributed by atoms with Gasteiger partial charge in [0, 0.05) is 12.6 Å². The molecule has 2 atom stereocenters. The van der Waals surface area contributed by atoms with Crippen LogP contribution in [0.3, 0.4) is 0 Å². The molecule has 0 spiro atoms. The molecule has 0 amide bonds. The van der Waals surface area contributed by atoms with E-state index in [2.05, 4.69) is 49.9 Å². The predicted octanol–water partition coefficient (Wildman–Crippen LogP) is 5.43. The van der Waals surface area contributed by atoms with E-state index >= 15 is 0 Å². The number of hydrogen-bond acceptors (Lipinski definition) is 1. The van der Waals surface area contributed by atoms with Gasteiger partial charge >= 0.3 is 0 Å². The van der Waals surface area contributed by atoms with E-state index in [1.165, 1.54) is 43.4 Å². The third-order valence-corrected chi connectivity index (χ3v) is 4.99. The Morgan fingerprint density at radius 2 is 1.90 bits per heavy atom. The van der Waals surface area contributed by atoms with Gasteiger partial charge in [-0.15, -0.1) is 11.6 Å². The lowest BCUT2D eigenvalue weighted by Crippen LogP contribution is -2.40. The molecule has 1 nitrogen and oxygen atoms in total. The topological polar surface area (TPSA) is 3.24 Å². The lowest BCUT2D eigenvalue weighted by Gasteiger charge is -2.36. The van der Waals surface area contributed by atoms with Crippen LogP contribution in [0.5, 0.6) is 0 Å². The van der Waals surface area contributed by atoms with Crippen LogP contribution in [-0.2, 0) is 6.42 Å². The lowest BCUT2D eigenvalue weighted by atomic mass is 9.98. The molecule has 0 bridgehead atoms. The fraction of sp³-hybridized carbons (Fsp3) is 0.684. The summed E-state index contributed by atoms with van der Waals surface area (Å²) in [7, 11) is 0. The molecule has 0 N–H and O–H groups in total. The molecule has 1 aliphatic heterocycles. The number of halogens is 1. The Kier molecular flexibility index (Phi) is 6.57. The fourth-order valence-electron chi connectivity index (χ4n) is 3.41. The first-order chi connectivity index (χ1) is 10.1. The maximum Gasteiger partial charge on any atom is 0.0712 e. The zero-order valence-corrected chi connectivity index (χ0v) is 14.6. The second kappa shape index (κ2) is 8.19. The van der Waals surface area contributed by atoms with Gasteiger partial charge in [0.25, 0.3) is 0 Å². The van der Waals surface area contributed by atoms with Gasteiger partial charge in [-0.05, 0) is 49.3 Å². The van der Waals surface area contributed by atoms with Crippen LogP contribution in [0, 0.1) is 5.92 Å². The Morgan fingerprint density at radius 3 is 2.52 bits per heavy atom. The molecule has 118 valence electrons. The maximum absolute atomic E-state index is 6.68. The highest BCUT2D eigenvalue weighted by Crippen LogP contribution is 2.27. The number of hydrogen-bond donors (Lipinski definition) is 0. The number of likely N-dealkylation sites (tertiary alicyclic amines) is 1. The first-order valence-electron chi connectivity index (χ1n) is 8.57. The average Bonchev–Trinajstić information content (AvgIpc) is 2.48. The highest BCUT2D eigenvalue weighted by Gasteiger charge is 2.23. The van der Waals surface area contributed by atoms with E-state index in [9.17, 15) is 0 Å². The molecule has 0 aliphatic carbocycles. The van der Waals surface area contributed by atoms with Crippen molar-refractivity contribution in [2.24, 2.45) is 5.92 Å². The molecule has 0 saturated carbocycles. The van der Waals surface area contributed by atoms with Gasteiger partial charge in [-0.2, -0.15) is 0 Å². The van der Waals surface area contributed by atoms with Gasteiger partial charge < -0.3 is 0 Å². The van der Waals surface area contributed by atoms with Crippen molar-refractivity contribution >= 4 is 11.6 Å². The summed E-state index contributed by atoms with van der Waals surface area (Å²) >= 11 is 6.68. The summed E-state index contributed by atoms with van der Waals surface area (Å²) in [4.78, 5) is 2.60. The normalized spacial score (nSPS) is 21.7. The minimum Gasteiger partial charge on any atom is -0.299 e. The summed E-state index contributed by atoms with van der Waals surface area (Å²) in [6, 6.07) is 9.68. The Balaban J connectivity index is 1.94. The molecule has 1 fully saturated rings. The van der Waals surface area contributed by atoms with E-state index in [0.717, 1.165) is 19.0 Å². The van der Waals surface area contributed by atoms with E-state index in [4.69, 9.17) is 11.6 Å². The molecular weight excluding hydrogens is 278 g/mol. The molecule has 1 aromatic carbocycles. The zero-order valence-electron chi connectivity index (χ0n) is 13.8. The Bertz CT molecular complexity index is 412. The summed E-state index contributed by atoms with van der Waals surface area (Å²) in [5.74, 6) is 0.710. The van der Waals surface area contributed by atoms with Crippen LogP contribution >= 0.6 is 11.6 Å². The SMILES string of the molecule is CCC1CCCCN1CC(Cl)c1ccc(CC(C)C)cc1. The van der Waals surface area contributed by atoms with Crippen LogP contribution in [0.25, 0.3) is 0 Å². The van der Waals surface area contributed by atoms with E-state index in [-0.39, 0.29) is 5.38 Å². The van der Waals surface area contributed by atoms with Gasteiger partial charge in [0.2, 0.25) is 0 Å². The first-order valence-corrected chi connectivity index (χ1v) is 9.00. The van der Waals surface area contributed by atoms with Crippen molar-refractivity contribution in [3.05, 3.63) is 35.4 Å². The molecule has 1 aromatic rings. The molecule has 21 heavy (non-hydrogen) atoms. The minimum absolute atomic E-state index is 0.116. The molecule has 2 unspecified atom stereocenters. The molecule has 1 heterocycles. The Labute approximate surface area is 135 Å². The minimum atomic E-state index is 0.116. The quantitative estimate of drug-likeness (QED) is 0.633. The molecular formula is C19H30ClN. The summed E-state index contributed by atoms with van der Waals surface area (Å²) in [5, 5.41) is 0.116. The number of piperidine rings is 1. The maximum atomic E-state index is 6.68. The van der Waals surface area contributed by atoms with Gasteiger partial charge in [-0.1, -0.05) is 51.5 Å². The van der Waals surface area contributed by atoms with Crippen molar-refractivity contribution in [3.63, 3.8) is 0 Å². The Hall–Kier alpha value is -0.530. The number of alkyl halides is 1. The molecule has 1 saturated heterocycles. The lowest BCUT2D eigenvalue weighted by molar-refractivity contribution is 0.144. The van der Waals surface area contributed by atoms with Gasteiger partial charge in [-0.3, -0.25) is 4.90 Å². The number of nitrogens with zero attached hydrogens (tertiary/aromatic N) is 1. The third kappa shape index (κ3) is 5.00. The van der Waals surface area contributed by atoms with Crippen LogP contribution in [0.15, 0.2) is 24.3 Å². The summed E-state index contributed by atoms with van der Waals surface area (Å²) in [5.41, 5.74) is 2.69. The van der Waals surface area contributed by atoms with Crippen molar-refractivity contribution in [2.75, 3.05) is 13.1 Å². The molecule has 1 aliphatic rings. The van der Waals surface area contributed by atoms with Crippen molar-refractivity contribution < 1.29 is 0 Å². The second-order valence-corrected chi connectivity index (χ2v) is 7.39. The molecule has 2 heteroatoms. The van der Waals surface area contributed by atoms with Crippen LogP contribution in [0.1, 0.15) is 63.0 Å². The molecule has 0 aromatic heterocycles. The molecule has 2 rings (SSSR count). The first kappa shape index (κ1) is 16.8. The molecule has 0 radical (unpaired) electrons. The third-order valence-electron chi connectivity index (χ3n) is 4.60. The van der Waals surface area contributed by atoms with E-state index in [0.29, 0.717) is 5.92 Å². The van der Waals surface area contributed by atoms with E-state index in [1.54, 1.807) is 0 Å². The second-order valence-electron chi connectivity index (χ2n) is 6.86. The zero-order chi connectivity index (χ0) is 15.2. The number of benzene rings is 1. The summed E-state index contributed by atoms with van der Waals surface area (Å²) in [6.45, 7) is 9.03. The highest BCUT2D eigenvalue weighted by molar-refractivity contribution is 6.21. The predicted molar refractivity (Wildman–Crippen MR) is 93.1 cm³/mol. The monoisotopic (exact) mass is 307 g/mol. The average molecular weight is 308 g/mol. The van der Waals surface area contributed by atoms with Gasteiger partial charge in [-0.25, -0.2) is 0 Å². The van der Waals surface area contributed by atoms with Crippen LogP contribution < -0.4 is 0 Å². The van der Waals surface area contributed by atoms with E-state index in [1.807, 2.05) is 0 Å². The standard InChI is InChI=1S/C19H30ClN/c1-4-18-7-5-6-12-21(18)14-19(20)17-10-8-16(9-11-17)13-15(2)3/h8-11,15,18-19H,4-7,12-14H2,1-3H3. The highest BCUT2D eigenvalue weighted by atomic mass is 35.5. The smallest absolute Gasteiger partial charge is 0.0712 e.